The van der Waals surface area contributed by atoms with Crippen LogP contribution in [0.3, 0.4) is 0 Å². The number of pyridine rings is 1. The number of hydrogen-bond donors (Lipinski definition) is 2. The van der Waals surface area contributed by atoms with Crippen molar-refractivity contribution in [2.45, 2.75) is 13.0 Å². The molecule has 2 N–H and O–H groups in total. The van der Waals surface area contributed by atoms with Gasteiger partial charge in [-0.25, -0.2) is 0 Å². The zero-order chi connectivity index (χ0) is 17.6. The standard InChI is InChI=1S/C22H20N2O/c1-16-9-11-17(12-10-16)14-20(21(23)18-6-3-2-4-7-18)22(25)19-8-5-13-24-15-19/h2-15,22-23,25H,1H3. The van der Waals surface area contributed by atoms with E-state index in [1.165, 1.54) is 5.56 Å². The third-order valence-electron chi connectivity index (χ3n) is 4.05. The highest BCUT2D eigenvalue weighted by molar-refractivity contribution is 6.13. The molecule has 3 aromatic rings. The van der Waals surface area contributed by atoms with Crippen LogP contribution in [0.2, 0.25) is 0 Å². The van der Waals surface area contributed by atoms with Gasteiger partial charge in [-0.1, -0.05) is 66.2 Å². The molecule has 3 nitrogen and oxygen atoms in total. The summed E-state index contributed by atoms with van der Waals surface area (Å²) in [5, 5.41) is 19.5. The molecule has 0 bridgehead atoms. The Kier molecular flexibility index (Phi) is 5.17. The molecular formula is C22H20N2O. The van der Waals surface area contributed by atoms with Crippen LogP contribution in [0.4, 0.5) is 0 Å². The molecule has 0 aliphatic carbocycles. The summed E-state index contributed by atoms with van der Waals surface area (Å²) in [5.41, 5.74) is 4.40. The summed E-state index contributed by atoms with van der Waals surface area (Å²) < 4.78 is 0. The molecule has 0 saturated carbocycles. The molecular weight excluding hydrogens is 308 g/mol. The first-order valence-corrected chi connectivity index (χ1v) is 8.16. The Bertz CT molecular complexity index is 869. The number of aromatic nitrogens is 1. The molecule has 1 atom stereocenters. The SMILES string of the molecule is Cc1ccc(C=C(C(=N)c2ccccc2)C(O)c2cccnc2)cc1. The van der Waals surface area contributed by atoms with E-state index >= 15 is 0 Å². The second-order valence-corrected chi connectivity index (χ2v) is 5.94. The van der Waals surface area contributed by atoms with Crippen molar-refractivity contribution in [2.75, 3.05) is 0 Å². The van der Waals surface area contributed by atoms with Crippen LogP contribution in [0.1, 0.15) is 28.4 Å². The van der Waals surface area contributed by atoms with Crippen molar-refractivity contribution in [3.63, 3.8) is 0 Å². The molecule has 3 heteroatoms. The van der Waals surface area contributed by atoms with Crippen LogP contribution in [-0.4, -0.2) is 15.8 Å². The Morgan fingerprint density at radius 3 is 2.36 bits per heavy atom. The lowest BCUT2D eigenvalue weighted by atomic mass is 9.92. The minimum Gasteiger partial charge on any atom is -0.384 e. The van der Waals surface area contributed by atoms with Crippen LogP contribution in [0.25, 0.3) is 6.08 Å². The highest BCUT2D eigenvalue weighted by Gasteiger charge is 2.19. The predicted octanol–water partition coefficient (Wildman–Crippen LogP) is 4.58. The van der Waals surface area contributed by atoms with Crippen LogP contribution in [0.15, 0.2) is 84.7 Å². The van der Waals surface area contributed by atoms with Crippen LogP contribution < -0.4 is 0 Å². The van der Waals surface area contributed by atoms with E-state index in [-0.39, 0.29) is 0 Å². The number of hydrogen-bond acceptors (Lipinski definition) is 3. The van der Waals surface area contributed by atoms with Gasteiger partial charge in [-0.3, -0.25) is 10.4 Å². The van der Waals surface area contributed by atoms with Gasteiger partial charge in [0, 0.05) is 23.5 Å². The lowest BCUT2D eigenvalue weighted by Gasteiger charge is -2.17. The highest BCUT2D eigenvalue weighted by Crippen LogP contribution is 2.26. The van der Waals surface area contributed by atoms with Gasteiger partial charge < -0.3 is 5.11 Å². The summed E-state index contributed by atoms with van der Waals surface area (Å²) >= 11 is 0. The van der Waals surface area contributed by atoms with Crippen molar-refractivity contribution >= 4 is 11.8 Å². The minimum atomic E-state index is -0.914. The molecule has 1 unspecified atom stereocenters. The van der Waals surface area contributed by atoms with Crippen LogP contribution in [0.5, 0.6) is 0 Å². The highest BCUT2D eigenvalue weighted by atomic mass is 16.3. The van der Waals surface area contributed by atoms with Crippen LogP contribution >= 0.6 is 0 Å². The molecule has 3 rings (SSSR count). The molecule has 0 amide bonds. The summed E-state index contributed by atoms with van der Waals surface area (Å²) in [5.74, 6) is 0. The average Bonchev–Trinajstić information content (AvgIpc) is 2.68. The monoisotopic (exact) mass is 328 g/mol. The fourth-order valence-corrected chi connectivity index (χ4v) is 2.62. The largest absolute Gasteiger partial charge is 0.384 e. The summed E-state index contributed by atoms with van der Waals surface area (Å²) in [6.07, 6.45) is 4.25. The molecule has 1 heterocycles. The average molecular weight is 328 g/mol. The van der Waals surface area contributed by atoms with Crippen molar-refractivity contribution in [3.8, 4) is 0 Å². The first kappa shape index (κ1) is 16.8. The molecule has 0 aliphatic heterocycles. The normalized spacial score (nSPS) is 12.6. The minimum absolute atomic E-state index is 0.303. The second kappa shape index (κ2) is 7.69. The maximum Gasteiger partial charge on any atom is 0.108 e. The van der Waals surface area contributed by atoms with E-state index in [1.807, 2.05) is 73.7 Å². The molecule has 0 saturated heterocycles. The van der Waals surface area contributed by atoms with Gasteiger partial charge in [-0.2, -0.15) is 0 Å². The van der Waals surface area contributed by atoms with Gasteiger partial charge in [0.1, 0.15) is 6.10 Å². The van der Waals surface area contributed by atoms with Gasteiger partial charge in [0.25, 0.3) is 0 Å². The first-order valence-electron chi connectivity index (χ1n) is 8.16. The maximum atomic E-state index is 10.9. The Morgan fingerprint density at radius 2 is 1.72 bits per heavy atom. The van der Waals surface area contributed by atoms with Crippen molar-refractivity contribution in [1.29, 1.82) is 5.41 Å². The Morgan fingerprint density at radius 1 is 1.00 bits per heavy atom. The van der Waals surface area contributed by atoms with Crippen molar-refractivity contribution in [3.05, 3.63) is 107 Å². The number of aliphatic hydroxyl groups is 1. The van der Waals surface area contributed by atoms with E-state index in [9.17, 15) is 5.11 Å². The molecule has 0 fully saturated rings. The number of aryl methyl sites for hydroxylation is 1. The lowest BCUT2D eigenvalue weighted by Crippen LogP contribution is -2.12. The van der Waals surface area contributed by atoms with E-state index in [1.54, 1.807) is 18.5 Å². The Balaban J connectivity index is 2.04. The van der Waals surface area contributed by atoms with Gasteiger partial charge >= 0.3 is 0 Å². The molecule has 124 valence electrons. The van der Waals surface area contributed by atoms with Crippen molar-refractivity contribution in [2.24, 2.45) is 0 Å². The lowest BCUT2D eigenvalue weighted by molar-refractivity contribution is 0.222. The smallest absolute Gasteiger partial charge is 0.108 e. The number of rotatable bonds is 5. The summed E-state index contributed by atoms with van der Waals surface area (Å²) in [6, 6.07) is 21.1. The molecule has 0 radical (unpaired) electrons. The summed E-state index contributed by atoms with van der Waals surface area (Å²) in [4.78, 5) is 4.08. The Hall–Kier alpha value is -3.04. The maximum absolute atomic E-state index is 10.9. The Labute approximate surface area is 147 Å². The van der Waals surface area contributed by atoms with Crippen LogP contribution in [0, 0.1) is 12.3 Å². The summed E-state index contributed by atoms with van der Waals surface area (Å²) in [6.45, 7) is 2.03. The fraction of sp³-hybridized carbons (Fsp3) is 0.0909. The van der Waals surface area contributed by atoms with Crippen molar-refractivity contribution < 1.29 is 5.11 Å². The molecule has 2 aromatic carbocycles. The number of benzene rings is 2. The molecule has 1 aromatic heterocycles. The third kappa shape index (κ3) is 4.08. The third-order valence-corrected chi connectivity index (χ3v) is 4.05. The zero-order valence-electron chi connectivity index (χ0n) is 14.1. The van der Waals surface area contributed by atoms with E-state index in [4.69, 9.17) is 5.41 Å². The van der Waals surface area contributed by atoms with E-state index in [0.29, 0.717) is 16.8 Å². The predicted molar refractivity (Wildman–Crippen MR) is 102 cm³/mol. The van der Waals surface area contributed by atoms with Crippen LogP contribution in [-0.2, 0) is 0 Å². The number of nitrogens with zero attached hydrogens (tertiary/aromatic N) is 1. The topological polar surface area (TPSA) is 57.0 Å². The summed E-state index contributed by atoms with van der Waals surface area (Å²) in [7, 11) is 0. The van der Waals surface area contributed by atoms with E-state index in [0.717, 1.165) is 11.1 Å². The van der Waals surface area contributed by atoms with Gasteiger partial charge in [-0.05, 0) is 30.2 Å². The molecule has 0 aliphatic rings. The van der Waals surface area contributed by atoms with Gasteiger partial charge in [0.2, 0.25) is 0 Å². The fourth-order valence-electron chi connectivity index (χ4n) is 2.62. The van der Waals surface area contributed by atoms with Gasteiger partial charge in [-0.15, -0.1) is 0 Å². The van der Waals surface area contributed by atoms with Gasteiger partial charge in [0.05, 0.1) is 5.71 Å². The zero-order valence-corrected chi connectivity index (χ0v) is 14.1. The van der Waals surface area contributed by atoms with Crippen molar-refractivity contribution in [1.82, 2.24) is 4.98 Å². The first-order chi connectivity index (χ1) is 12.1. The molecule has 25 heavy (non-hydrogen) atoms. The van der Waals surface area contributed by atoms with Gasteiger partial charge in [0.15, 0.2) is 0 Å². The van der Waals surface area contributed by atoms with E-state index in [2.05, 4.69) is 4.98 Å². The quantitative estimate of drug-likeness (QED) is 0.674. The van der Waals surface area contributed by atoms with E-state index < -0.39 is 6.10 Å². The molecule has 0 spiro atoms. The number of aliphatic hydroxyl groups excluding tert-OH is 1. The second-order valence-electron chi connectivity index (χ2n) is 5.94. The number of nitrogens with one attached hydrogen (secondary N) is 1.